The van der Waals surface area contributed by atoms with Crippen molar-refractivity contribution in [3.8, 4) is 0 Å². The van der Waals surface area contributed by atoms with Crippen molar-refractivity contribution in [3.05, 3.63) is 33.7 Å². The molecule has 7 heteroatoms. The summed E-state index contributed by atoms with van der Waals surface area (Å²) in [7, 11) is 0. The van der Waals surface area contributed by atoms with Crippen molar-refractivity contribution in [1.29, 1.82) is 0 Å². The normalized spacial score (nSPS) is 19.0. The Labute approximate surface area is 145 Å². The van der Waals surface area contributed by atoms with Gasteiger partial charge in [-0.05, 0) is 25.3 Å². The molecule has 130 valence electrons. The molecule has 2 aromatic heterocycles. The molecular weight excluding hydrogens is 324 g/mol. The molecule has 0 spiro atoms. The van der Waals surface area contributed by atoms with E-state index in [1.807, 2.05) is 5.38 Å². The second-order valence-electron chi connectivity index (χ2n) is 6.85. The molecule has 24 heavy (non-hydrogen) atoms. The molecule has 0 aromatic carbocycles. The van der Waals surface area contributed by atoms with Crippen LogP contribution in [0.3, 0.4) is 0 Å². The van der Waals surface area contributed by atoms with Crippen LogP contribution in [0.25, 0.3) is 4.96 Å². The monoisotopic (exact) mass is 348 g/mol. The van der Waals surface area contributed by atoms with E-state index < -0.39 is 0 Å². The average molecular weight is 348 g/mol. The SMILES string of the molecule is CC(C)CNC(=O)C1CCCN(Cc2cc(=O)n3ccsc3n2)C1. The Bertz CT molecular complexity index is 767. The number of nitrogens with one attached hydrogen (secondary N) is 1. The summed E-state index contributed by atoms with van der Waals surface area (Å²) in [5.41, 5.74) is 0.741. The summed E-state index contributed by atoms with van der Waals surface area (Å²) in [5, 5.41) is 4.90. The highest BCUT2D eigenvalue weighted by atomic mass is 32.1. The maximum absolute atomic E-state index is 12.3. The second kappa shape index (κ2) is 7.44. The van der Waals surface area contributed by atoms with Crippen LogP contribution in [0.15, 0.2) is 22.4 Å². The molecule has 2 aromatic rings. The van der Waals surface area contributed by atoms with Gasteiger partial charge >= 0.3 is 0 Å². The van der Waals surface area contributed by atoms with Gasteiger partial charge in [-0.1, -0.05) is 13.8 Å². The van der Waals surface area contributed by atoms with E-state index in [9.17, 15) is 9.59 Å². The van der Waals surface area contributed by atoms with Gasteiger partial charge in [0.25, 0.3) is 5.56 Å². The Morgan fingerprint density at radius 1 is 1.50 bits per heavy atom. The third kappa shape index (κ3) is 4.02. The number of fused-ring (bicyclic) bond motifs is 1. The number of carbonyl (C=O) groups excluding carboxylic acids is 1. The fourth-order valence-corrected chi connectivity index (χ4v) is 3.80. The van der Waals surface area contributed by atoms with Crippen molar-refractivity contribution in [2.45, 2.75) is 33.2 Å². The average Bonchev–Trinajstić information content (AvgIpc) is 3.02. The highest BCUT2D eigenvalue weighted by Crippen LogP contribution is 2.18. The highest BCUT2D eigenvalue weighted by Gasteiger charge is 2.26. The Kier molecular flexibility index (Phi) is 5.30. The summed E-state index contributed by atoms with van der Waals surface area (Å²) in [4.78, 5) is 31.9. The summed E-state index contributed by atoms with van der Waals surface area (Å²) < 4.78 is 1.56. The zero-order valence-electron chi connectivity index (χ0n) is 14.2. The van der Waals surface area contributed by atoms with Crippen molar-refractivity contribution in [2.75, 3.05) is 19.6 Å². The first kappa shape index (κ1) is 17.1. The Hall–Kier alpha value is -1.73. The van der Waals surface area contributed by atoms with Crippen LogP contribution in [0.2, 0.25) is 0 Å². The number of nitrogens with zero attached hydrogens (tertiary/aromatic N) is 3. The minimum atomic E-state index is -0.0421. The molecule has 1 N–H and O–H groups in total. The maximum Gasteiger partial charge on any atom is 0.258 e. The van der Waals surface area contributed by atoms with E-state index in [4.69, 9.17) is 0 Å². The molecule has 1 aliphatic heterocycles. The van der Waals surface area contributed by atoms with E-state index in [0.717, 1.165) is 43.1 Å². The van der Waals surface area contributed by atoms with Crippen LogP contribution in [0, 0.1) is 11.8 Å². The summed E-state index contributed by atoms with van der Waals surface area (Å²) in [5.74, 6) is 0.641. The van der Waals surface area contributed by atoms with Gasteiger partial charge in [0.1, 0.15) is 0 Å². The fraction of sp³-hybridized carbons (Fsp3) is 0.588. The number of rotatable bonds is 5. The largest absolute Gasteiger partial charge is 0.356 e. The van der Waals surface area contributed by atoms with Crippen molar-refractivity contribution >= 4 is 22.2 Å². The van der Waals surface area contributed by atoms with E-state index in [0.29, 0.717) is 12.5 Å². The summed E-state index contributed by atoms with van der Waals surface area (Å²) in [6.07, 6.45) is 3.68. The molecule has 3 heterocycles. The van der Waals surface area contributed by atoms with Gasteiger partial charge in [0.15, 0.2) is 4.96 Å². The van der Waals surface area contributed by atoms with Crippen LogP contribution in [0.5, 0.6) is 0 Å². The van der Waals surface area contributed by atoms with Gasteiger partial charge in [-0.3, -0.25) is 18.9 Å². The Balaban J connectivity index is 1.64. The third-order valence-corrected chi connectivity index (χ3v) is 5.06. The van der Waals surface area contributed by atoms with Gasteiger partial charge < -0.3 is 5.32 Å². The van der Waals surface area contributed by atoms with E-state index in [1.54, 1.807) is 16.7 Å². The lowest BCUT2D eigenvalue weighted by atomic mass is 9.97. The molecule has 1 saturated heterocycles. The lowest BCUT2D eigenvalue weighted by Crippen LogP contribution is -2.43. The number of likely N-dealkylation sites (tertiary alicyclic amines) is 1. The summed E-state index contributed by atoms with van der Waals surface area (Å²) in [6.45, 7) is 7.21. The Morgan fingerprint density at radius 2 is 2.33 bits per heavy atom. The molecule has 0 aliphatic carbocycles. The lowest BCUT2D eigenvalue weighted by molar-refractivity contribution is -0.126. The topological polar surface area (TPSA) is 66.7 Å². The molecule has 0 bridgehead atoms. The van der Waals surface area contributed by atoms with Crippen molar-refractivity contribution < 1.29 is 4.79 Å². The standard InChI is InChI=1S/C17H24N4O2S/c1-12(2)9-18-16(23)13-4-3-5-20(10-13)11-14-8-15(22)21-6-7-24-17(21)19-14/h6-8,12-13H,3-5,9-11H2,1-2H3,(H,18,23). The van der Waals surface area contributed by atoms with Crippen LogP contribution in [-0.2, 0) is 11.3 Å². The molecule has 6 nitrogen and oxygen atoms in total. The van der Waals surface area contributed by atoms with Crippen molar-refractivity contribution in [1.82, 2.24) is 19.6 Å². The lowest BCUT2D eigenvalue weighted by Gasteiger charge is -2.31. The summed E-state index contributed by atoms with van der Waals surface area (Å²) in [6, 6.07) is 1.60. The first-order valence-electron chi connectivity index (χ1n) is 8.49. The first-order chi connectivity index (χ1) is 11.5. The van der Waals surface area contributed by atoms with Gasteiger partial charge in [0.05, 0.1) is 11.6 Å². The van der Waals surface area contributed by atoms with Gasteiger partial charge in [-0.15, -0.1) is 11.3 Å². The maximum atomic E-state index is 12.3. The summed E-state index contributed by atoms with van der Waals surface area (Å²) >= 11 is 1.46. The highest BCUT2D eigenvalue weighted by molar-refractivity contribution is 7.15. The van der Waals surface area contributed by atoms with E-state index >= 15 is 0 Å². The van der Waals surface area contributed by atoms with Gasteiger partial charge in [0.2, 0.25) is 5.91 Å². The van der Waals surface area contributed by atoms with Gasteiger partial charge in [-0.2, -0.15) is 0 Å². The number of carbonyl (C=O) groups is 1. The van der Waals surface area contributed by atoms with Crippen molar-refractivity contribution in [3.63, 3.8) is 0 Å². The fourth-order valence-electron chi connectivity index (χ4n) is 3.06. The number of amides is 1. The third-order valence-electron chi connectivity index (χ3n) is 4.30. The predicted molar refractivity (Wildman–Crippen MR) is 95.2 cm³/mol. The van der Waals surface area contributed by atoms with Crippen molar-refractivity contribution in [2.24, 2.45) is 11.8 Å². The predicted octanol–water partition coefficient (Wildman–Crippen LogP) is 1.74. The number of hydrogen-bond donors (Lipinski definition) is 1. The number of hydrogen-bond acceptors (Lipinski definition) is 5. The number of thiazole rings is 1. The van der Waals surface area contributed by atoms with Crippen LogP contribution >= 0.6 is 11.3 Å². The quantitative estimate of drug-likeness (QED) is 0.894. The van der Waals surface area contributed by atoms with Crippen LogP contribution in [-0.4, -0.2) is 39.8 Å². The molecule has 1 aliphatic rings. The molecule has 3 rings (SSSR count). The molecule has 1 amide bonds. The second-order valence-corrected chi connectivity index (χ2v) is 7.73. The molecular formula is C17H24N4O2S. The van der Waals surface area contributed by atoms with E-state index in [-0.39, 0.29) is 17.4 Å². The smallest absolute Gasteiger partial charge is 0.258 e. The first-order valence-corrected chi connectivity index (χ1v) is 9.36. The number of piperidine rings is 1. The molecule has 1 unspecified atom stereocenters. The van der Waals surface area contributed by atoms with E-state index in [1.165, 1.54) is 11.3 Å². The van der Waals surface area contributed by atoms with Gasteiger partial charge in [-0.25, -0.2) is 4.98 Å². The van der Waals surface area contributed by atoms with Crippen LogP contribution in [0.1, 0.15) is 32.4 Å². The zero-order chi connectivity index (χ0) is 17.1. The Morgan fingerprint density at radius 3 is 3.12 bits per heavy atom. The molecule has 1 fully saturated rings. The zero-order valence-corrected chi connectivity index (χ0v) is 15.0. The van der Waals surface area contributed by atoms with Gasteiger partial charge in [0, 0.05) is 37.3 Å². The molecule has 0 radical (unpaired) electrons. The van der Waals surface area contributed by atoms with E-state index in [2.05, 4.69) is 29.0 Å². The van der Waals surface area contributed by atoms with Crippen LogP contribution < -0.4 is 10.9 Å². The molecule has 0 saturated carbocycles. The minimum absolute atomic E-state index is 0.0315. The number of aromatic nitrogens is 2. The van der Waals surface area contributed by atoms with Crippen LogP contribution in [0.4, 0.5) is 0 Å². The minimum Gasteiger partial charge on any atom is -0.356 e. The molecule has 1 atom stereocenters.